The van der Waals surface area contributed by atoms with Gasteiger partial charge in [-0.15, -0.1) is 11.3 Å². The average Bonchev–Trinajstić information content (AvgIpc) is 3.06. The molecule has 20 heavy (non-hydrogen) atoms. The molecular weight excluding hydrogens is 268 g/mol. The van der Waals surface area contributed by atoms with Crippen LogP contribution >= 0.6 is 11.3 Å². The number of hydrogen-bond acceptors (Lipinski definition) is 4. The second-order valence-corrected chi connectivity index (χ2v) is 6.17. The molecule has 0 aliphatic heterocycles. The van der Waals surface area contributed by atoms with Gasteiger partial charge in [-0.3, -0.25) is 4.68 Å². The molecular formula is C15H24N4S. The molecule has 2 aromatic heterocycles. The van der Waals surface area contributed by atoms with Gasteiger partial charge in [-0.2, -0.15) is 5.10 Å². The van der Waals surface area contributed by atoms with Crippen LogP contribution < -0.4 is 5.73 Å². The maximum Gasteiger partial charge on any atom is 0.191 e. The maximum absolute atomic E-state index is 5.70. The van der Waals surface area contributed by atoms with Gasteiger partial charge in [0, 0.05) is 13.5 Å². The summed E-state index contributed by atoms with van der Waals surface area (Å²) in [5, 5.41) is 6.57. The Kier molecular flexibility index (Phi) is 5.73. The molecule has 0 radical (unpaired) electrons. The van der Waals surface area contributed by atoms with Crippen molar-refractivity contribution < 1.29 is 0 Å². The second-order valence-electron chi connectivity index (χ2n) is 5.22. The van der Waals surface area contributed by atoms with Gasteiger partial charge in [0.1, 0.15) is 5.82 Å². The lowest BCUT2D eigenvalue weighted by molar-refractivity contribution is 0.414. The minimum Gasteiger partial charge on any atom is -0.330 e. The van der Waals surface area contributed by atoms with E-state index in [1.807, 2.05) is 17.8 Å². The van der Waals surface area contributed by atoms with Crippen molar-refractivity contribution in [1.29, 1.82) is 0 Å². The minimum atomic E-state index is 0.715. The molecule has 2 aromatic rings. The Morgan fingerprint density at radius 3 is 2.85 bits per heavy atom. The van der Waals surface area contributed by atoms with Crippen molar-refractivity contribution in [3.05, 3.63) is 23.3 Å². The summed E-state index contributed by atoms with van der Waals surface area (Å²) in [6.45, 7) is 3.02. The van der Waals surface area contributed by atoms with Crippen LogP contribution in [0.2, 0.25) is 0 Å². The summed E-state index contributed by atoms with van der Waals surface area (Å²) in [6, 6.07) is 4.10. The Morgan fingerprint density at radius 1 is 1.35 bits per heavy atom. The Bertz CT molecular complexity index is 498. The van der Waals surface area contributed by atoms with E-state index in [1.165, 1.54) is 12.8 Å². The van der Waals surface area contributed by atoms with Crippen molar-refractivity contribution in [3.8, 4) is 10.7 Å². The molecule has 1 atom stereocenters. The smallest absolute Gasteiger partial charge is 0.191 e. The summed E-state index contributed by atoms with van der Waals surface area (Å²) in [5.41, 5.74) is 5.70. The highest BCUT2D eigenvalue weighted by atomic mass is 32.1. The molecule has 0 amide bonds. The summed E-state index contributed by atoms with van der Waals surface area (Å²) < 4.78 is 1.92. The van der Waals surface area contributed by atoms with Gasteiger partial charge < -0.3 is 5.73 Å². The summed E-state index contributed by atoms with van der Waals surface area (Å²) in [6.07, 6.45) is 5.74. The average molecular weight is 292 g/mol. The van der Waals surface area contributed by atoms with Gasteiger partial charge in [0.25, 0.3) is 0 Å². The van der Waals surface area contributed by atoms with E-state index >= 15 is 0 Å². The first-order valence-electron chi connectivity index (χ1n) is 7.38. The lowest BCUT2D eigenvalue weighted by Gasteiger charge is -2.14. The van der Waals surface area contributed by atoms with Crippen molar-refractivity contribution in [3.63, 3.8) is 0 Å². The lowest BCUT2D eigenvalue weighted by atomic mass is 9.94. The number of nitrogens with zero attached hydrogens (tertiary/aromatic N) is 3. The summed E-state index contributed by atoms with van der Waals surface area (Å²) in [4.78, 5) is 5.81. The number of rotatable bonds is 8. The number of aryl methyl sites for hydroxylation is 2. The third kappa shape index (κ3) is 3.90. The van der Waals surface area contributed by atoms with E-state index < -0.39 is 0 Å². The zero-order valence-electron chi connectivity index (χ0n) is 12.4. The number of aromatic nitrogens is 3. The van der Waals surface area contributed by atoms with Gasteiger partial charge in [0.2, 0.25) is 0 Å². The summed E-state index contributed by atoms with van der Waals surface area (Å²) >= 11 is 1.68. The van der Waals surface area contributed by atoms with E-state index in [2.05, 4.69) is 28.5 Å². The third-order valence-electron chi connectivity index (χ3n) is 3.64. The number of hydrogen-bond donors (Lipinski definition) is 1. The first-order valence-corrected chi connectivity index (χ1v) is 8.26. The fraction of sp³-hybridized carbons (Fsp3) is 0.600. The molecule has 2 heterocycles. The van der Waals surface area contributed by atoms with Crippen LogP contribution in [0.1, 0.15) is 38.4 Å². The Labute approximate surface area is 125 Å². The molecule has 0 aliphatic carbocycles. The normalized spacial score (nSPS) is 12.8. The lowest BCUT2D eigenvalue weighted by Crippen LogP contribution is -2.11. The molecule has 0 saturated carbocycles. The van der Waals surface area contributed by atoms with Gasteiger partial charge in [-0.25, -0.2) is 4.98 Å². The number of nitrogens with two attached hydrogens (primary N) is 1. The zero-order chi connectivity index (χ0) is 14.4. The molecule has 110 valence electrons. The van der Waals surface area contributed by atoms with Gasteiger partial charge in [0.05, 0.1) is 4.88 Å². The van der Waals surface area contributed by atoms with Crippen molar-refractivity contribution in [2.45, 2.75) is 39.0 Å². The molecule has 0 saturated heterocycles. The van der Waals surface area contributed by atoms with Crippen LogP contribution in [0.25, 0.3) is 10.7 Å². The van der Waals surface area contributed by atoms with Crippen LogP contribution in [-0.4, -0.2) is 21.3 Å². The van der Waals surface area contributed by atoms with Gasteiger partial charge >= 0.3 is 0 Å². The van der Waals surface area contributed by atoms with E-state index in [9.17, 15) is 0 Å². The fourth-order valence-corrected chi connectivity index (χ4v) is 3.21. The molecule has 0 aliphatic rings. The first kappa shape index (κ1) is 15.2. The molecule has 4 nitrogen and oxygen atoms in total. The standard InChI is InChI=1S/C15H24N4S/c1-3-5-12(9-10-16)7-8-14-17-15(18-19(14)2)13-6-4-11-20-13/h4,6,11-12H,3,5,7-10,16H2,1-2H3. The van der Waals surface area contributed by atoms with Gasteiger partial charge in [0.15, 0.2) is 5.82 Å². The summed E-state index contributed by atoms with van der Waals surface area (Å²) in [7, 11) is 1.98. The molecule has 2 N–H and O–H groups in total. The Hall–Kier alpha value is -1.20. The van der Waals surface area contributed by atoms with Gasteiger partial charge in [-0.05, 0) is 36.8 Å². The zero-order valence-corrected chi connectivity index (χ0v) is 13.2. The Morgan fingerprint density at radius 2 is 2.20 bits per heavy atom. The topological polar surface area (TPSA) is 56.7 Å². The highest BCUT2D eigenvalue weighted by Gasteiger charge is 2.13. The molecule has 1 unspecified atom stereocenters. The van der Waals surface area contributed by atoms with E-state index in [1.54, 1.807) is 11.3 Å². The fourth-order valence-electron chi connectivity index (χ4n) is 2.55. The van der Waals surface area contributed by atoms with Crippen LogP contribution in [-0.2, 0) is 13.5 Å². The largest absolute Gasteiger partial charge is 0.330 e. The van der Waals surface area contributed by atoms with E-state index in [4.69, 9.17) is 5.73 Å². The molecule has 5 heteroatoms. The van der Waals surface area contributed by atoms with Crippen LogP contribution in [0.15, 0.2) is 17.5 Å². The van der Waals surface area contributed by atoms with Crippen LogP contribution in [0.4, 0.5) is 0 Å². The van der Waals surface area contributed by atoms with Crippen molar-refractivity contribution in [2.75, 3.05) is 6.54 Å². The predicted molar refractivity (Wildman–Crippen MR) is 84.7 cm³/mol. The van der Waals surface area contributed by atoms with Gasteiger partial charge in [-0.1, -0.05) is 25.8 Å². The third-order valence-corrected chi connectivity index (χ3v) is 4.51. The van der Waals surface area contributed by atoms with Crippen LogP contribution in [0.3, 0.4) is 0 Å². The quantitative estimate of drug-likeness (QED) is 0.812. The maximum atomic E-state index is 5.70. The first-order chi connectivity index (χ1) is 9.74. The van der Waals surface area contributed by atoms with Crippen LogP contribution in [0.5, 0.6) is 0 Å². The molecule has 0 aromatic carbocycles. The van der Waals surface area contributed by atoms with E-state index in [0.717, 1.165) is 42.3 Å². The SMILES string of the molecule is CCCC(CCN)CCc1nc(-c2cccs2)nn1C. The summed E-state index contributed by atoms with van der Waals surface area (Å²) in [5.74, 6) is 2.64. The minimum absolute atomic E-state index is 0.715. The monoisotopic (exact) mass is 292 g/mol. The van der Waals surface area contributed by atoms with E-state index in [-0.39, 0.29) is 0 Å². The van der Waals surface area contributed by atoms with Crippen LogP contribution in [0, 0.1) is 5.92 Å². The predicted octanol–water partition coefficient (Wildman–Crippen LogP) is 3.24. The second kappa shape index (κ2) is 7.55. The van der Waals surface area contributed by atoms with Crippen molar-refractivity contribution >= 4 is 11.3 Å². The highest BCUT2D eigenvalue weighted by Crippen LogP contribution is 2.22. The molecule has 0 spiro atoms. The number of thiophene rings is 1. The molecule has 0 bridgehead atoms. The van der Waals surface area contributed by atoms with Crippen molar-refractivity contribution in [2.24, 2.45) is 18.7 Å². The van der Waals surface area contributed by atoms with E-state index in [0.29, 0.717) is 5.92 Å². The molecule has 2 rings (SSSR count). The molecule has 0 fully saturated rings. The van der Waals surface area contributed by atoms with Crippen molar-refractivity contribution in [1.82, 2.24) is 14.8 Å². The Balaban J connectivity index is 1.99. The highest BCUT2D eigenvalue weighted by molar-refractivity contribution is 7.13.